The van der Waals surface area contributed by atoms with E-state index in [1.807, 2.05) is 0 Å². The number of rotatable bonds is 8. The smallest absolute Gasteiger partial charge is 0.329 e. The molecule has 1 aliphatic carbocycles. The largest absolute Gasteiger partial charge is 0.505 e. The van der Waals surface area contributed by atoms with Crippen LogP contribution in [0.25, 0.3) is 0 Å². The summed E-state index contributed by atoms with van der Waals surface area (Å²) in [6, 6.07) is -14.0. The van der Waals surface area contributed by atoms with Gasteiger partial charge in [0.05, 0.1) is 53.9 Å². The molecule has 10 N–H and O–H groups in total. The molecule has 0 bridgehead atoms. The van der Waals surface area contributed by atoms with Crippen LogP contribution in [-0.2, 0) is 67.0 Å². The van der Waals surface area contributed by atoms with Gasteiger partial charge >= 0.3 is 11.9 Å². The van der Waals surface area contributed by atoms with Crippen molar-refractivity contribution in [2.45, 2.75) is 187 Å². The first-order valence-electron chi connectivity index (χ1n) is 31.6. The Morgan fingerprint density at radius 1 is 0.609 bits per heavy atom. The molecule has 10 amide bonds. The summed E-state index contributed by atoms with van der Waals surface area (Å²) in [7, 11) is 5.55. The number of phenols is 1. The zero-order valence-corrected chi connectivity index (χ0v) is 55.4. The van der Waals surface area contributed by atoms with Crippen molar-refractivity contribution in [3.63, 3.8) is 0 Å². The summed E-state index contributed by atoms with van der Waals surface area (Å²) in [6.07, 6.45) is -3.11. The van der Waals surface area contributed by atoms with Crippen LogP contribution in [-0.4, -0.2) is 244 Å². The highest BCUT2D eigenvalue weighted by Crippen LogP contribution is 2.49. The molecule has 1 saturated carbocycles. The van der Waals surface area contributed by atoms with E-state index in [0.29, 0.717) is 12.8 Å². The first kappa shape index (κ1) is 71.1. The van der Waals surface area contributed by atoms with Gasteiger partial charge in [0.25, 0.3) is 5.91 Å². The molecular formula is C62H93N13O17. The van der Waals surface area contributed by atoms with Crippen molar-refractivity contribution in [3.05, 3.63) is 11.1 Å². The standard InChI is InChI=1S/C62H93N13O17/c1-25(2)41-59(86)74-21-17-19-33(74)57(84)70(13)23-35(76)72(15)47(27(5)6)61(88)90-31(11)43(55(82)66-41)68-53(80)37-39(63)49(78)29(9)51-45(37)65-46-38(40(64)50(79)30(10)52(46)92-51)54(81)69-44-32(12)91-62(89)48(28(7)8)73(16)36(77)24-71(14)58(85)34-20-18-22-75(34)60(87)42(26(3)4)67-56(44)83/h25-29,31-34,37,39,41-45,47-48,51,65,79H,17-24,63-64H2,1-16H3,(H,66,82)(H,67,83)(H,68,80)(H,69,81)/t29?,31-,32-,33+,34+,37?,39?,41-,42-,43+,44+,45?,47+,48+,51?/m1/s1. The second kappa shape index (κ2) is 28.3. The second-order valence-electron chi connectivity index (χ2n) is 26.8. The number of hydrogen-bond donors (Lipinski definition) is 8. The van der Waals surface area contributed by atoms with Crippen LogP contribution < -0.4 is 42.8 Å². The number of carbonyl (C=O) groups excluding carboxylic acids is 13. The zero-order chi connectivity index (χ0) is 68.7. The maximum Gasteiger partial charge on any atom is 0.329 e. The number of ether oxygens (including phenoxy) is 3. The molecule has 5 fully saturated rings. The van der Waals surface area contributed by atoms with Crippen LogP contribution in [0, 0.1) is 42.4 Å². The summed E-state index contributed by atoms with van der Waals surface area (Å²) in [5.74, 6) is -16.8. The number of carbonyl (C=O) groups is 13. The van der Waals surface area contributed by atoms with E-state index < -0.39 is 221 Å². The van der Waals surface area contributed by atoms with Crippen LogP contribution in [0.1, 0.15) is 118 Å². The first-order valence-corrected chi connectivity index (χ1v) is 31.6. The van der Waals surface area contributed by atoms with E-state index in [-0.39, 0.29) is 42.9 Å². The number of nitrogens with zero attached hydrogens (tertiary/aromatic N) is 6. The number of likely N-dealkylation sites (N-methyl/N-ethyl adjacent to an activating group) is 4. The van der Waals surface area contributed by atoms with E-state index in [1.165, 1.54) is 75.5 Å². The number of nitrogens with two attached hydrogens (primary N) is 2. The lowest BCUT2D eigenvalue weighted by atomic mass is 9.71. The molecule has 0 spiro atoms. The van der Waals surface area contributed by atoms with Gasteiger partial charge in [-0.25, -0.2) is 9.59 Å². The molecule has 30 nitrogen and oxygen atoms in total. The maximum atomic E-state index is 15.4. The highest BCUT2D eigenvalue weighted by atomic mass is 16.6. The Morgan fingerprint density at radius 2 is 1.03 bits per heavy atom. The summed E-state index contributed by atoms with van der Waals surface area (Å²) < 4.78 is 18.5. The van der Waals surface area contributed by atoms with Gasteiger partial charge in [0.2, 0.25) is 53.2 Å². The minimum Gasteiger partial charge on any atom is -0.505 e. The van der Waals surface area contributed by atoms with Crippen LogP contribution in [0.4, 0.5) is 11.4 Å². The summed E-state index contributed by atoms with van der Waals surface area (Å²) in [4.78, 5) is 195. The van der Waals surface area contributed by atoms with Crippen LogP contribution >= 0.6 is 0 Å². The number of fused-ring (bicyclic) bond motifs is 4. The Morgan fingerprint density at radius 3 is 1.45 bits per heavy atom. The van der Waals surface area contributed by atoms with Crippen molar-refractivity contribution in [2.75, 3.05) is 65.4 Å². The summed E-state index contributed by atoms with van der Waals surface area (Å²) in [5, 5.41) is 25.5. The quantitative estimate of drug-likeness (QED) is 0.0643. The summed E-state index contributed by atoms with van der Waals surface area (Å²) in [6.45, 7) is 18.1. The molecule has 4 saturated heterocycles. The van der Waals surface area contributed by atoms with Crippen LogP contribution in [0.15, 0.2) is 0 Å². The minimum atomic E-state index is -1.89. The summed E-state index contributed by atoms with van der Waals surface area (Å²) in [5.41, 5.74) is 11.9. The molecule has 7 rings (SSSR count). The molecule has 6 aliphatic rings. The molecule has 15 atom stereocenters. The molecule has 1 aromatic carbocycles. The number of ketones is 1. The third-order valence-electron chi connectivity index (χ3n) is 18.8. The van der Waals surface area contributed by atoms with Gasteiger partial charge < -0.3 is 86.8 Å². The molecule has 5 heterocycles. The van der Waals surface area contributed by atoms with E-state index in [2.05, 4.69) is 26.6 Å². The van der Waals surface area contributed by atoms with Crippen LogP contribution in [0.2, 0.25) is 0 Å². The van der Waals surface area contributed by atoms with Crippen molar-refractivity contribution in [1.29, 1.82) is 0 Å². The van der Waals surface area contributed by atoms with Crippen molar-refractivity contribution >= 4 is 88.2 Å². The number of aromatic hydroxyl groups is 1. The van der Waals surface area contributed by atoms with Gasteiger partial charge in [-0.15, -0.1) is 0 Å². The number of nitrogens with one attached hydrogen (secondary N) is 5. The number of amides is 10. The number of nitrogen functional groups attached to an aromatic ring is 1. The number of hydrogen-bond acceptors (Lipinski definition) is 20. The topological polar surface area (TPSA) is 401 Å². The van der Waals surface area contributed by atoms with Gasteiger partial charge in [0, 0.05) is 46.8 Å². The molecule has 0 radical (unpaired) electrons. The number of cyclic esters (lactones) is 2. The molecule has 5 aliphatic heterocycles. The SMILES string of the molecule is Cc1c(O)c(N)c(C(=O)N[C@@H]2C(=O)N[C@H](C(C)C)C(=O)N3CCC[C@H]3C(=O)N(C)CC(=O)N(C)[C@@H](C(C)C)C(=O)O[C@@H]2C)c2c1OC1C(C)C(=O)C(N)C(C(=O)N[C@@H]3C(=O)N[C@H](C(C)C)C(=O)N4CCC[C@H]4C(=O)N(C)CC(=O)N(C)[C@@H](C(C)C)C(=O)O[C@@H]3C)C1N2. The predicted octanol–water partition coefficient (Wildman–Crippen LogP) is -1.39. The number of benzene rings is 1. The van der Waals surface area contributed by atoms with Gasteiger partial charge in [-0.05, 0) is 70.1 Å². The van der Waals surface area contributed by atoms with E-state index in [1.54, 1.807) is 55.4 Å². The molecular weight excluding hydrogens is 1200 g/mol. The Labute approximate surface area is 535 Å². The Hall–Kier alpha value is -8.31. The zero-order valence-electron chi connectivity index (χ0n) is 55.4. The summed E-state index contributed by atoms with van der Waals surface area (Å²) >= 11 is 0. The van der Waals surface area contributed by atoms with E-state index >= 15 is 9.59 Å². The molecule has 508 valence electrons. The lowest BCUT2D eigenvalue weighted by Gasteiger charge is -2.47. The van der Waals surface area contributed by atoms with E-state index in [0.717, 1.165) is 9.80 Å². The number of phenolic OH excluding ortho intramolecular Hbond substituents is 1. The van der Waals surface area contributed by atoms with Crippen LogP contribution in [0.3, 0.4) is 0 Å². The van der Waals surface area contributed by atoms with Gasteiger partial charge in [0.1, 0.15) is 72.4 Å². The molecule has 5 unspecified atom stereocenters. The highest BCUT2D eigenvalue weighted by Gasteiger charge is 2.56. The molecule has 1 aromatic rings. The monoisotopic (exact) mass is 1290 g/mol. The molecule has 0 aromatic heterocycles. The van der Waals surface area contributed by atoms with Crippen molar-refractivity contribution in [1.82, 2.24) is 50.7 Å². The predicted molar refractivity (Wildman–Crippen MR) is 330 cm³/mol. The van der Waals surface area contributed by atoms with Gasteiger partial charge in [-0.1, -0.05) is 62.3 Å². The second-order valence-corrected chi connectivity index (χ2v) is 26.8. The lowest BCUT2D eigenvalue weighted by Crippen LogP contribution is -2.69. The number of anilines is 2. The Kier molecular flexibility index (Phi) is 21.9. The first-order chi connectivity index (χ1) is 42.9. The minimum absolute atomic E-state index is 0.0434. The molecule has 30 heteroatoms. The van der Waals surface area contributed by atoms with Gasteiger partial charge in [-0.3, -0.25) is 52.7 Å². The van der Waals surface area contributed by atoms with Crippen LogP contribution in [0.5, 0.6) is 11.5 Å². The number of esters is 2. The lowest BCUT2D eigenvalue weighted by molar-refractivity contribution is -0.164. The van der Waals surface area contributed by atoms with Crippen molar-refractivity contribution in [2.24, 2.45) is 41.2 Å². The Balaban J connectivity index is 1.28. The van der Waals surface area contributed by atoms with Crippen molar-refractivity contribution < 1.29 is 81.6 Å². The normalized spacial score (nSPS) is 31.2. The number of Topliss-reactive ketones (excluding diaryl/α,β-unsaturated/α-hetero) is 1. The van der Waals surface area contributed by atoms with E-state index in [4.69, 9.17) is 25.7 Å². The van der Waals surface area contributed by atoms with E-state index in [9.17, 15) is 57.8 Å². The molecule has 92 heavy (non-hydrogen) atoms. The third kappa shape index (κ3) is 13.9. The average molecular weight is 1290 g/mol. The fraction of sp³-hybridized carbons (Fsp3) is 0.694. The van der Waals surface area contributed by atoms with Gasteiger partial charge in [0.15, 0.2) is 11.5 Å². The fourth-order valence-electron chi connectivity index (χ4n) is 13.4. The Bertz CT molecular complexity index is 3140. The third-order valence-corrected chi connectivity index (χ3v) is 18.8. The maximum absolute atomic E-state index is 15.4. The highest BCUT2D eigenvalue weighted by molar-refractivity contribution is 6.10. The fourth-order valence-corrected chi connectivity index (χ4v) is 13.4. The van der Waals surface area contributed by atoms with Gasteiger partial charge in [-0.2, -0.15) is 0 Å². The van der Waals surface area contributed by atoms with Crippen molar-refractivity contribution in [3.8, 4) is 11.5 Å². The average Bonchev–Trinajstić information content (AvgIpc) is 0.818.